The van der Waals surface area contributed by atoms with Crippen LogP contribution >= 0.6 is 0 Å². The van der Waals surface area contributed by atoms with Crippen molar-refractivity contribution in [2.24, 2.45) is 0 Å². The van der Waals surface area contributed by atoms with E-state index in [0.29, 0.717) is 33.5 Å². The lowest BCUT2D eigenvalue weighted by atomic mass is 10.0. The maximum Gasteiger partial charge on any atom is 0.263 e. The highest BCUT2D eigenvalue weighted by Crippen LogP contribution is 2.40. The molecule has 2 bridgehead atoms. The van der Waals surface area contributed by atoms with Crippen LogP contribution in [0.25, 0.3) is 16.5 Å². The molecule has 33 heavy (non-hydrogen) atoms. The zero-order valence-corrected chi connectivity index (χ0v) is 19.5. The minimum atomic E-state index is -0.206. The minimum Gasteiger partial charge on any atom is -0.493 e. The summed E-state index contributed by atoms with van der Waals surface area (Å²) in [5.41, 5.74) is 1.99. The highest BCUT2D eigenvalue weighted by Gasteiger charge is 2.43. The molecular weight excluding hydrogens is 418 g/mol. The maximum atomic E-state index is 13.9. The summed E-state index contributed by atoms with van der Waals surface area (Å²) in [7, 11) is 7.01. The van der Waals surface area contributed by atoms with Crippen LogP contribution in [0.4, 0.5) is 5.69 Å². The molecule has 0 atom stereocenters. The lowest BCUT2D eigenvalue weighted by Gasteiger charge is -2.24. The van der Waals surface area contributed by atoms with E-state index in [1.165, 1.54) is 0 Å². The number of anilines is 1. The van der Waals surface area contributed by atoms with Crippen LogP contribution < -0.4 is 19.9 Å². The molecule has 3 aromatic rings. The van der Waals surface area contributed by atoms with Gasteiger partial charge < -0.3 is 19.3 Å². The number of hydrogen-bond acceptors (Lipinski definition) is 5. The van der Waals surface area contributed by atoms with E-state index in [0.717, 1.165) is 31.4 Å². The van der Waals surface area contributed by atoms with Crippen LogP contribution in [0.3, 0.4) is 0 Å². The van der Waals surface area contributed by atoms with E-state index in [-0.39, 0.29) is 23.6 Å². The first kappa shape index (κ1) is 21.4. The van der Waals surface area contributed by atoms with E-state index < -0.39 is 0 Å². The average Bonchev–Trinajstić information content (AvgIpc) is 3.44. The van der Waals surface area contributed by atoms with Crippen molar-refractivity contribution < 1.29 is 14.3 Å². The lowest BCUT2D eigenvalue weighted by Crippen LogP contribution is -2.36. The van der Waals surface area contributed by atoms with Gasteiger partial charge in [0, 0.05) is 43.4 Å². The maximum absolute atomic E-state index is 13.9. The molecule has 7 nitrogen and oxygen atoms in total. The van der Waals surface area contributed by atoms with Crippen molar-refractivity contribution in [3.63, 3.8) is 0 Å². The molecule has 0 aliphatic carbocycles. The minimum absolute atomic E-state index is 0.0188. The van der Waals surface area contributed by atoms with Gasteiger partial charge in [-0.25, -0.2) is 0 Å². The van der Waals surface area contributed by atoms with Gasteiger partial charge in [-0.05, 0) is 56.0 Å². The monoisotopic (exact) mass is 447 g/mol. The van der Waals surface area contributed by atoms with E-state index in [9.17, 15) is 9.59 Å². The summed E-state index contributed by atoms with van der Waals surface area (Å²) < 4.78 is 12.5. The molecule has 7 heteroatoms. The number of carbonyl (C=O) groups is 1. The Morgan fingerprint density at radius 3 is 2.12 bits per heavy atom. The molecule has 2 saturated heterocycles. The molecule has 1 aromatic heterocycles. The van der Waals surface area contributed by atoms with E-state index in [1.807, 2.05) is 48.2 Å². The summed E-state index contributed by atoms with van der Waals surface area (Å²) in [5.74, 6) is 0.937. The fourth-order valence-corrected chi connectivity index (χ4v) is 5.33. The highest BCUT2D eigenvalue weighted by atomic mass is 16.5. The van der Waals surface area contributed by atoms with Crippen LogP contribution in [0.2, 0.25) is 0 Å². The SMILES string of the molecule is COc1cc2c(C(=O)N3C4CCC3CC4)cn(-c3cccc(N(C)C)c3)c(=O)c2cc1OC. The molecule has 2 fully saturated rings. The quantitative estimate of drug-likeness (QED) is 0.595. The van der Waals surface area contributed by atoms with Gasteiger partial charge in [0.15, 0.2) is 11.5 Å². The third-order valence-electron chi connectivity index (χ3n) is 7.06. The molecule has 2 aliphatic heterocycles. The van der Waals surface area contributed by atoms with Crippen molar-refractivity contribution in [2.45, 2.75) is 37.8 Å². The van der Waals surface area contributed by atoms with Crippen molar-refractivity contribution in [3.8, 4) is 17.2 Å². The van der Waals surface area contributed by atoms with Crippen molar-refractivity contribution in [3.05, 3.63) is 58.5 Å². The number of hydrogen-bond donors (Lipinski definition) is 0. The molecule has 0 N–H and O–H groups in total. The molecular formula is C26H29N3O4. The van der Waals surface area contributed by atoms with Crippen molar-refractivity contribution in [1.29, 1.82) is 0 Å². The topological polar surface area (TPSA) is 64.0 Å². The van der Waals surface area contributed by atoms with Crippen molar-refractivity contribution in [1.82, 2.24) is 9.47 Å². The van der Waals surface area contributed by atoms with Gasteiger partial charge in [0.1, 0.15) is 0 Å². The van der Waals surface area contributed by atoms with Crippen LogP contribution in [0, 0.1) is 0 Å². The van der Waals surface area contributed by atoms with E-state index in [2.05, 4.69) is 0 Å². The van der Waals surface area contributed by atoms with Gasteiger partial charge in [-0.2, -0.15) is 0 Å². The molecule has 172 valence electrons. The first-order chi connectivity index (χ1) is 15.9. The molecule has 2 aromatic carbocycles. The van der Waals surface area contributed by atoms with Gasteiger partial charge in [-0.15, -0.1) is 0 Å². The zero-order valence-electron chi connectivity index (χ0n) is 19.5. The molecule has 0 saturated carbocycles. The first-order valence-corrected chi connectivity index (χ1v) is 11.3. The number of rotatable bonds is 5. The van der Waals surface area contributed by atoms with Crippen LogP contribution in [0.15, 0.2) is 47.4 Å². The number of methoxy groups -OCH3 is 2. The Balaban J connectivity index is 1.77. The normalized spacial score (nSPS) is 19.2. The predicted molar refractivity (Wildman–Crippen MR) is 129 cm³/mol. The summed E-state index contributed by atoms with van der Waals surface area (Å²) in [6, 6.07) is 11.7. The summed E-state index contributed by atoms with van der Waals surface area (Å²) in [6.45, 7) is 0. The number of pyridine rings is 1. The number of benzene rings is 2. The molecule has 0 radical (unpaired) electrons. The first-order valence-electron chi connectivity index (χ1n) is 11.3. The average molecular weight is 448 g/mol. The number of aromatic nitrogens is 1. The summed E-state index contributed by atoms with van der Waals surface area (Å²) in [5, 5.41) is 1.02. The fraction of sp³-hybridized carbons (Fsp3) is 0.385. The van der Waals surface area contributed by atoms with Crippen LogP contribution in [-0.2, 0) is 0 Å². The molecule has 1 amide bonds. The Hall–Kier alpha value is -3.48. The Morgan fingerprint density at radius 2 is 1.55 bits per heavy atom. The van der Waals surface area contributed by atoms with Gasteiger partial charge in [0.25, 0.3) is 11.5 Å². The standard InChI is InChI=1S/C26H29N3O4/c1-27(2)18-6-5-7-19(12-18)28-15-22(26(31)29-16-8-9-17(29)11-10-16)20-13-23(32-3)24(33-4)14-21(20)25(28)30/h5-7,12-17H,8-11H2,1-4H3. The molecule has 5 rings (SSSR count). The van der Waals surface area contributed by atoms with E-state index >= 15 is 0 Å². The summed E-state index contributed by atoms with van der Waals surface area (Å²) in [6.07, 6.45) is 5.91. The number of fused-ring (bicyclic) bond motifs is 3. The van der Waals surface area contributed by atoms with Crippen LogP contribution in [-0.4, -0.2) is 55.8 Å². The lowest BCUT2D eigenvalue weighted by molar-refractivity contribution is 0.0731. The van der Waals surface area contributed by atoms with Gasteiger partial charge >= 0.3 is 0 Å². The summed E-state index contributed by atoms with van der Waals surface area (Å²) >= 11 is 0. The third-order valence-corrected chi connectivity index (χ3v) is 7.06. The largest absolute Gasteiger partial charge is 0.493 e. The van der Waals surface area contributed by atoms with Crippen molar-refractivity contribution >= 4 is 22.4 Å². The molecule has 3 heterocycles. The number of ether oxygens (including phenoxy) is 2. The zero-order chi connectivity index (χ0) is 23.3. The van der Waals surface area contributed by atoms with Crippen LogP contribution in [0.5, 0.6) is 11.5 Å². The number of nitrogens with zero attached hydrogens (tertiary/aromatic N) is 3. The van der Waals surface area contributed by atoms with E-state index in [4.69, 9.17) is 9.47 Å². The smallest absolute Gasteiger partial charge is 0.263 e. The molecule has 0 spiro atoms. The molecule has 0 unspecified atom stereocenters. The van der Waals surface area contributed by atoms with Gasteiger partial charge in [-0.1, -0.05) is 6.07 Å². The predicted octanol–water partition coefficient (Wildman–Crippen LogP) is 3.84. The second-order valence-corrected chi connectivity index (χ2v) is 9.06. The fourth-order valence-electron chi connectivity index (χ4n) is 5.33. The van der Waals surface area contributed by atoms with Gasteiger partial charge in [-0.3, -0.25) is 14.2 Å². The second kappa shape index (κ2) is 8.14. The Kier molecular flexibility index (Phi) is 5.27. The Morgan fingerprint density at radius 1 is 0.939 bits per heavy atom. The Labute approximate surface area is 193 Å². The van der Waals surface area contributed by atoms with Crippen LogP contribution in [0.1, 0.15) is 36.0 Å². The van der Waals surface area contributed by atoms with Gasteiger partial charge in [0.05, 0.1) is 30.9 Å². The van der Waals surface area contributed by atoms with E-state index in [1.54, 1.807) is 37.1 Å². The number of carbonyl (C=O) groups excluding carboxylic acids is 1. The second-order valence-electron chi connectivity index (χ2n) is 9.06. The van der Waals surface area contributed by atoms with Crippen molar-refractivity contribution in [2.75, 3.05) is 33.2 Å². The highest BCUT2D eigenvalue weighted by molar-refractivity contribution is 6.08. The summed E-state index contributed by atoms with van der Waals surface area (Å²) in [4.78, 5) is 31.5. The van der Waals surface area contributed by atoms with Gasteiger partial charge in [0.2, 0.25) is 0 Å². The Bertz CT molecular complexity index is 1280. The third kappa shape index (κ3) is 3.43. The number of amides is 1. The molecule has 2 aliphatic rings.